The fraction of sp³-hybridized carbons (Fsp3) is 0.600. The summed E-state index contributed by atoms with van der Waals surface area (Å²) in [7, 11) is 3.82. The number of methoxy groups -OCH3 is 1. The third-order valence-corrected chi connectivity index (χ3v) is 3.23. The molecule has 0 saturated heterocycles. The molecule has 18 heavy (non-hydrogen) atoms. The van der Waals surface area contributed by atoms with Crippen molar-refractivity contribution in [1.82, 2.24) is 0 Å². The molecule has 1 aromatic rings. The molecule has 0 bridgehead atoms. The van der Waals surface area contributed by atoms with Gasteiger partial charge in [-0.2, -0.15) is 0 Å². The van der Waals surface area contributed by atoms with E-state index < -0.39 is 0 Å². The minimum Gasteiger partial charge on any atom is -0.495 e. The quantitative estimate of drug-likeness (QED) is 0.843. The van der Waals surface area contributed by atoms with Gasteiger partial charge in [0.25, 0.3) is 0 Å². The topological polar surface area (TPSA) is 38.5 Å². The van der Waals surface area contributed by atoms with Crippen molar-refractivity contribution in [2.24, 2.45) is 11.1 Å². The normalized spacial score (nSPS) is 11.4. The Kier molecular flexibility index (Phi) is 5.03. The van der Waals surface area contributed by atoms with E-state index in [0.29, 0.717) is 0 Å². The van der Waals surface area contributed by atoms with E-state index in [-0.39, 0.29) is 5.41 Å². The SMILES string of the molecule is COc1ccc(C)cc1N(C)CC(C)(C)CCN. The second-order valence-electron chi connectivity index (χ2n) is 5.73. The number of rotatable bonds is 6. The lowest BCUT2D eigenvalue weighted by Crippen LogP contribution is -2.33. The number of benzene rings is 1. The van der Waals surface area contributed by atoms with E-state index in [4.69, 9.17) is 10.5 Å². The number of hydrogen-bond donors (Lipinski definition) is 1. The van der Waals surface area contributed by atoms with E-state index in [0.717, 1.165) is 30.9 Å². The summed E-state index contributed by atoms with van der Waals surface area (Å²) in [5, 5.41) is 0. The lowest BCUT2D eigenvalue weighted by Gasteiger charge is -2.32. The highest BCUT2D eigenvalue weighted by Crippen LogP contribution is 2.31. The molecule has 0 atom stereocenters. The molecule has 0 fully saturated rings. The lowest BCUT2D eigenvalue weighted by molar-refractivity contribution is 0.345. The summed E-state index contributed by atoms with van der Waals surface area (Å²) >= 11 is 0. The van der Waals surface area contributed by atoms with Crippen LogP contribution in [-0.4, -0.2) is 27.2 Å². The van der Waals surface area contributed by atoms with E-state index in [2.05, 4.69) is 44.9 Å². The number of nitrogens with zero attached hydrogens (tertiary/aromatic N) is 1. The summed E-state index contributed by atoms with van der Waals surface area (Å²) < 4.78 is 5.43. The summed E-state index contributed by atoms with van der Waals surface area (Å²) in [5.74, 6) is 0.923. The maximum Gasteiger partial charge on any atom is 0.142 e. The molecule has 0 aromatic heterocycles. The van der Waals surface area contributed by atoms with Crippen LogP contribution in [0.15, 0.2) is 18.2 Å². The van der Waals surface area contributed by atoms with Crippen LogP contribution in [-0.2, 0) is 0 Å². The van der Waals surface area contributed by atoms with Crippen LogP contribution in [0, 0.1) is 12.3 Å². The van der Waals surface area contributed by atoms with Crippen molar-refractivity contribution in [3.05, 3.63) is 23.8 Å². The predicted molar refractivity (Wildman–Crippen MR) is 78.5 cm³/mol. The zero-order valence-electron chi connectivity index (χ0n) is 12.3. The zero-order valence-corrected chi connectivity index (χ0v) is 12.3. The van der Waals surface area contributed by atoms with Crippen molar-refractivity contribution in [2.75, 3.05) is 32.1 Å². The van der Waals surface area contributed by atoms with Gasteiger partial charge < -0.3 is 15.4 Å². The van der Waals surface area contributed by atoms with Gasteiger partial charge in [-0.15, -0.1) is 0 Å². The summed E-state index contributed by atoms with van der Waals surface area (Å²) in [6.45, 7) is 8.29. The van der Waals surface area contributed by atoms with Crippen molar-refractivity contribution in [1.29, 1.82) is 0 Å². The van der Waals surface area contributed by atoms with Crippen LogP contribution < -0.4 is 15.4 Å². The van der Waals surface area contributed by atoms with Crippen LogP contribution in [0.4, 0.5) is 5.69 Å². The second-order valence-corrected chi connectivity index (χ2v) is 5.73. The van der Waals surface area contributed by atoms with Crippen molar-refractivity contribution < 1.29 is 4.74 Å². The van der Waals surface area contributed by atoms with Gasteiger partial charge in [-0.1, -0.05) is 19.9 Å². The third kappa shape index (κ3) is 3.91. The van der Waals surface area contributed by atoms with E-state index in [9.17, 15) is 0 Å². The van der Waals surface area contributed by atoms with Gasteiger partial charge in [-0.25, -0.2) is 0 Å². The first-order chi connectivity index (χ1) is 8.39. The molecule has 102 valence electrons. The molecule has 3 nitrogen and oxygen atoms in total. The molecular formula is C15H26N2O. The fourth-order valence-electron chi connectivity index (χ4n) is 2.30. The Morgan fingerprint density at radius 1 is 1.33 bits per heavy atom. The molecule has 0 saturated carbocycles. The van der Waals surface area contributed by atoms with Crippen molar-refractivity contribution in [2.45, 2.75) is 27.2 Å². The van der Waals surface area contributed by atoms with Crippen LogP contribution in [0.1, 0.15) is 25.8 Å². The van der Waals surface area contributed by atoms with E-state index >= 15 is 0 Å². The van der Waals surface area contributed by atoms with Gasteiger partial charge in [0, 0.05) is 13.6 Å². The standard InChI is InChI=1S/C15H26N2O/c1-12-6-7-14(18-5)13(10-12)17(4)11-15(2,3)8-9-16/h6-7,10H,8-9,11,16H2,1-5H3. The average Bonchev–Trinajstić information content (AvgIpc) is 2.28. The molecule has 0 aliphatic heterocycles. The Morgan fingerprint density at radius 2 is 2.00 bits per heavy atom. The van der Waals surface area contributed by atoms with Gasteiger partial charge >= 0.3 is 0 Å². The molecule has 1 rings (SSSR count). The minimum absolute atomic E-state index is 0.207. The second kappa shape index (κ2) is 6.10. The van der Waals surface area contributed by atoms with Crippen LogP contribution in [0.3, 0.4) is 0 Å². The first kappa shape index (κ1) is 14.8. The van der Waals surface area contributed by atoms with Crippen molar-refractivity contribution in [3.63, 3.8) is 0 Å². The molecule has 0 aliphatic rings. The highest BCUT2D eigenvalue weighted by molar-refractivity contribution is 5.59. The molecule has 0 amide bonds. The van der Waals surface area contributed by atoms with Gasteiger partial charge in [0.05, 0.1) is 12.8 Å². The molecule has 0 unspecified atom stereocenters. The molecule has 0 aliphatic carbocycles. The van der Waals surface area contributed by atoms with Gasteiger partial charge in [-0.05, 0) is 43.0 Å². The Morgan fingerprint density at radius 3 is 2.56 bits per heavy atom. The molecule has 1 aromatic carbocycles. The molecule has 2 N–H and O–H groups in total. The van der Waals surface area contributed by atoms with Crippen LogP contribution >= 0.6 is 0 Å². The molecule has 3 heteroatoms. The molecule has 0 heterocycles. The number of hydrogen-bond acceptors (Lipinski definition) is 3. The Balaban J connectivity index is 2.89. The zero-order chi connectivity index (χ0) is 13.8. The van der Waals surface area contributed by atoms with E-state index in [1.165, 1.54) is 5.56 Å². The largest absolute Gasteiger partial charge is 0.495 e. The van der Waals surface area contributed by atoms with Gasteiger partial charge in [-0.3, -0.25) is 0 Å². The Bertz CT molecular complexity index is 388. The summed E-state index contributed by atoms with van der Waals surface area (Å²) in [4.78, 5) is 2.25. The maximum atomic E-state index is 5.67. The molecule has 0 radical (unpaired) electrons. The van der Waals surface area contributed by atoms with Crippen LogP contribution in [0.2, 0.25) is 0 Å². The summed E-state index contributed by atoms with van der Waals surface area (Å²) in [6, 6.07) is 6.26. The number of anilines is 1. The number of aryl methyl sites for hydroxylation is 1. The highest BCUT2D eigenvalue weighted by atomic mass is 16.5. The monoisotopic (exact) mass is 250 g/mol. The Hall–Kier alpha value is -1.22. The number of ether oxygens (including phenoxy) is 1. The summed E-state index contributed by atoms with van der Waals surface area (Å²) in [5.41, 5.74) is 8.26. The Labute approximate surface area is 111 Å². The molecular weight excluding hydrogens is 224 g/mol. The maximum absolute atomic E-state index is 5.67. The van der Waals surface area contributed by atoms with Gasteiger partial charge in [0.15, 0.2) is 0 Å². The first-order valence-corrected chi connectivity index (χ1v) is 6.45. The first-order valence-electron chi connectivity index (χ1n) is 6.45. The average molecular weight is 250 g/mol. The minimum atomic E-state index is 0.207. The smallest absolute Gasteiger partial charge is 0.142 e. The summed E-state index contributed by atoms with van der Waals surface area (Å²) in [6.07, 6.45) is 1.02. The van der Waals surface area contributed by atoms with Gasteiger partial charge in [0.1, 0.15) is 5.75 Å². The van der Waals surface area contributed by atoms with E-state index in [1.54, 1.807) is 7.11 Å². The van der Waals surface area contributed by atoms with Crippen LogP contribution in [0.25, 0.3) is 0 Å². The van der Waals surface area contributed by atoms with Gasteiger partial charge in [0.2, 0.25) is 0 Å². The molecule has 0 spiro atoms. The highest BCUT2D eigenvalue weighted by Gasteiger charge is 2.20. The van der Waals surface area contributed by atoms with Crippen LogP contribution in [0.5, 0.6) is 5.75 Å². The fourth-order valence-corrected chi connectivity index (χ4v) is 2.30. The number of nitrogens with two attached hydrogens (primary N) is 1. The van der Waals surface area contributed by atoms with Crippen molar-refractivity contribution >= 4 is 5.69 Å². The lowest BCUT2D eigenvalue weighted by atomic mass is 9.88. The third-order valence-electron chi connectivity index (χ3n) is 3.23. The van der Waals surface area contributed by atoms with E-state index in [1.807, 2.05) is 6.07 Å². The predicted octanol–water partition coefficient (Wildman–Crippen LogP) is 2.81. The van der Waals surface area contributed by atoms with Crippen molar-refractivity contribution in [3.8, 4) is 5.75 Å².